The van der Waals surface area contributed by atoms with Gasteiger partial charge in [0.25, 0.3) is 0 Å². The zero-order valence-corrected chi connectivity index (χ0v) is 10.7. The number of nitrogens with two attached hydrogens (primary N) is 1. The van der Waals surface area contributed by atoms with E-state index in [1.807, 2.05) is 31.2 Å². The van der Waals surface area contributed by atoms with Gasteiger partial charge in [-0.2, -0.15) is 0 Å². The van der Waals surface area contributed by atoms with Crippen LogP contribution < -0.4 is 10.5 Å². The van der Waals surface area contributed by atoms with Crippen LogP contribution in [0.2, 0.25) is 0 Å². The summed E-state index contributed by atoms with van der Waals surface area (Å²) in [5, 5.41) is 3.98. The molecular weight excluding hydrogens is 234 g/mol. The smallest absolute Gasteiger partial charge is 0.119 e. The first-order valence-corrected chi connectivity index (χ1v) is 6.15. The van der Waals surface area contributed by atoms with Gasteiger partial charge in [0.15, 0.2) is 0 Å². The quantitative estimate of drug-likeness (QED) is 0.901. The van der Waals surface area contributed by atoms with Crippen molar-refractivity contribution in [3.8, 4) is 5.75 Å². The molecule has 0 radical (unpaired) electrons. The van der Waals surface area contributed by atoms with Crippen LogP contribution in [-0.4, -0.2) is 16.7 Å². The molecule has 4 nitrogen and oxygen atoms in total. The van der Waals surface area contributed by atoms with Crippen molar-refractivity contribution in [2.24, 2.45) is 5.73 Å². The summed E-state index contributed by atoms with van der Waals surface area (Å²) in [7, 11) is 1.66. The lowest BCUT2D eigenvalue weighted by molar-refractivity contribution is 0.414. The summed E-state index contributed by atoms with van der Waals surface area (Å²) < 4.78 is 9.09. The fourth-order valence-corrected chi connectivity index (χ4v) is 2.37. The highest BCUT2D eigenvalue weighted by Crippen LogP contribution is 2.23. The minimum atomic E-state index is -0.0536. The Kier molecular flexibility index (Phi) is 3.71. The monoisotopic (exact) mass is 249 g/mol. The number of benzene rings is 1. The van der Waals surface area contributed by atoms with E-state index in [0.29, 0.717) is 0 Å². The maximum Gasteiger partial charge on any atom is 0.119 e. The second kappa shape index (κ2) is 5.25. The molecule has 2 N–H and O–H groups in total. The van der Waals surface area contributed by atoms with Gasteiger partial charge in [-0.05, 0) is 42.6 Å². The van der Waals surface area contributed by atoms with Gasteiger partial charge in [-0.15, -0.1) is 5.10 Å². The maximum atomic E-state index is 6.15. The Morgan fingerprint density at radius 3 is 2.94 bits per heavy atom. The van der Waals surface area contributed by atoms with Gasteiger partial charge >= 0.3 is 0 Å². The Morgan fingerprint density at radius 2 is 2.29 bits per heavy atom. The SMILES string of the molecule is COc1cccc(CC(N)c2snnc2C)c1. The van der Waals surface area contributed by atoms with Gasteiger partial charge in [0, 0.05) is 6.04 Å². The average molecular weight is 249 g/mol. The van der Waals surface area contributed by atoms with Crippen LogP contribution in [0, 0.1) is 6.92 Å². The van der Waals surface area contributed by atoms with Gasteiger partial charge in [0.05, 0.1) is 17.7 Å². The second-order valence-corrected chi connectivity index (χ2v) is 4.67. The van der Waals surface area contributed by atoms with E-state index in [1.54, 1.807) is 7.11 Å². The summed E-state index contributed by atoms with van der Waals surface area (Å²) in [6.07, 6.45) is 0.766. The molecule has 0 bridgehead atoms. The number of aryl methyl sites for hydroxylation is 1. The lowest BCUT2D eigenvalue weighted by Crippen LogP contribution is -2.13. The summed E-state index contributed by atoms with van der Waals surface area (Å²) >= 11 is 1.37. The molecule has 1 heterocycles. The minimum absolute atomic E-state index is 0.0536. The topological polar surface area (TPSA) is 61.0 Å². The standard InChI is InChI=1S/C12H15N3OS/c1-8-12(17-15-14-8)11(13)7-9-4-3-5-10(6-9)16-2/h3-6,11H,7,13H2,1-2H3. The van der Waals surface area contributed by atoms with Crippen LogP contribution in [-0.2, 0) is 6.42 Å². The fourth-order valence-electron chi connectivity index (χ4n) is 1.72. The molecule has 1 aromatic carbocycles. The van der Waals surface area contributed by atoms with Crippen molar-refractivity contribution in [2.45, 2.75) is 19.4 Å². The molecule has 17 heavy (non-hydrogen) atoms. The molecule has 90 valence electrons. The molecule has 1 atom stereocenters. The highest BCUT2D eigenvalue weighted by molar-refractivity contribution is 7.05. The third kappa shape index (κ3) is 2.81. The maximum absolute atomic E-state index is 6.15. The summed E-state index contributed by atoms with van der Waals surface area (Å²) in [6.45, 7) is 1.93. The van der Waals surface area contributed by atoms with Crippen LogP contribution in [0.5, 0.6) is 5.75 Å². The number of hydrogen-bond donors (Lipinski definition) is 1. The van der Waals surface area contributed by atoms with Crippen molar-refractivity contribution in [2.75, 3.05) is 7.11 Å². The Hall–Kier alpha value is -1.46. The normalized spacial score (nSPS) is 12.4. The van der Waals surface area contributed by atoms with E-state index in [9.17, 15) is 0 Å². The first-order valence-electron chi connectivity index (χ1n) is 5.38. The number of ether oxygens (including phenoxy) is 1. The first kappa shape index (κ1) is 12.0. The summed E-state index contributed by atoms with van der Waals surface area (Å²) in [6, 6.07) is 7.89. The zero-order chi connectivity index (χ0) is 12.3. The van der Waals surface area contributed by atoms with Crippen LogP contribution in [0.15, 0.2) is 24.3 Å². The third-order valence-corrected chi connectivity index (χ3v) is 3.57. The predicted molar refractivity (Wildman–Crippen MR) is 68.3 cm³/mol. The molecule has 2 rings (SSSR count). The minimum Gasteiger partial charge on any atom is -0.497 e. The molecule has 1 aromatic heterocycles. The van der Waals surface area contributed by atoms with E-state index in [-0.39, 0.29) is 6.04 Å². The van der Waals surface area contributed by atoms with Crippen LogP contribution >= 0.6 is 11.5 Å². The molecule has 1 unspecified atom stereocenters. The highest BCUT2D eigenvalue weighted by Gasteiger charge is 2.13. The highest BCUT2D eigenvalue weighted by atomic mass is 32.1. The summed E-state index contributed by atoms with van der Waals surface area (Å²) in [4.78, 5) is 1.05. The molecule has 0 aliphatic carbocycles. The van der Waals surface area contributed by atoms with Crippen LogP contribution in [0.3, 0.4) is 0 Å². The van der Waals surface area contributed by atoms with Crippen molar-refractivity contribution in [3.05, 3.63) is 40.4 Å². The molecule has 0 aliphatic rings. The average Bonchev–Trinajstić information content (AvgIpc) is 2.76. The molecule has 0 amide bonds. The molecule has 5 heteroatoms. The number of rotatable bonds is 4. The van der Waals surface area contributed by atoms with E-state index in [4.69, 9.17) is 10.5 Å². The molecule has 0 spiro atoms. The van der Waals surface area contributed by atoms with Gasteiger partial charge in [-0.25, -0.2) is 0 Å². The fraction of sp³-hybridized carbons (Fsp3) is 0.333. The van der Waals surface area contributed by atoms with Crippen LogP contribution in [0.4, 0.5) is 0 Å². The van der Waals surface area contributed by atoms with E-state index >= 15 is 0 Å². The molecule has 0 aliphatic heterocycles. The Bertz CT molecular complexity index is 498. The Balaban J connectivity index is 2.13. The molecular formula is C12H15N3OS. The second-order valence-electron chi connectivity index (χ2n) is 3.88. The lowest BCUT2D eigenvalue weighted by Gasteiger charge is -2.10. The van der Waals surface area contributed by atoms with Crippen molar-refractivity contribution >= 4 is 11.5 Å². The summed E-state index contributed by atoms with van der Waals surface area (Å²) in [5.41, 5.74) is 8.23. The largest absolute Gasteiger partial charge is 0.497 e. The van der Waals surface area contributed by atoms with Gasteiger partial charge in [0.1, 0.15) is 5.75 Å². The predicted octanol–water partition coefficient (Wildman–Crippen LogP) is 2.10. The molecule has 0 saturated carbocycles. The van der Waals surface area contributed by atoms with E-state index < -0.39 is 0 Å². The number of hydrogen-bond acceptors (Lipinski definition) is 5. The first-order chi connectivity index (χ1) is 8.20. The van der Waals surface area contributed by atoms with Gasteiger partial charge in [0.2, 0.25) is 0 Å². The van der Waals surface area contributed by atoms with E-state index in [1.165, 1.54) is 11.5 Å². The van der Waals surface area contributed by atoms with Crippen molar-refractivity contribution < 1.29 is 4.74 Å². The Labute approximate surface area is 105 Å². The number of aromatic nitrogens is 2. The van der Waals surface area contributed by atoms with Gasteiger partial charge in [-0.3, -0.25) is 0 Å². The third-order valence-electron chi connectivity index (χ3n) is 2.61. The van der Waals surface area contributed by atoms with E-state index in [0.717, 1.165) is 28.3 Å². The van der Waals surface area contributed by atoms with Crippen molar-refractivity contribution in [1.29, 1.82) is 0 Å². The van der Waals surface area contributed by atoms with Gasteiger partial charge < -0.3 is 10.5 Å². The number of methoxy groups -OCH3 is 1. The molecule has 0 saturated heterocycles. The van der Waals surface area contributed by atoms with Crippen molar-refractivity contribution in [3.63, 3.8) is 0 Å². The van der Waals surface area contributed by atoms with Gasteiger partial charge in [-0.1, -0.05) is 16.6 Å². The van der Waals surface area contributed by atoms with E-state index in [2.05, 4.69) is 9.59 Å². The molecule has 2 aromatic rings. The van der Waals surface area contributed by atoms with Crippen LogP contribution in [0.25, 0.3) is 0 Å². The zero-order valence-electron chi connectivity index (χ0n) is 9.88. The Morgan fingerprint density at radius 1 is 1.47 bits per heavy atom. The number of nitrogens with zero attached hydrogens (tertiary/aromatic N) is 2. The van der Waals surface area contributed by atoms with Crippen molar-refractivity contribution in [1.82, 2.24) is 9.59 Å². The molecule has 0 fully saturated rings. The lowest BCUT2D eigenvalue weighted by atomic mass is 10.0. The van der Waals surface area contributed by atoms with Crippen LogP contribution in [0.1, 0.15) is 22.2 Å². The summed E-state index contributed by atoms with van der Waals surface area (Å²) in [5.74, 6) is 0.855.